The standard InChI is InChI=1S/C49H43NO/c1-4-51-47-32-45(42-28-22-39(23-29-42)36-16-10-6-11-17-36)49(48(47)43-30-24-40(25-31-43)37-18-12-7-13-19-37)33-44(46(34-49)50(2)3)41-26-20-38(21-27-41)35-14-8-5-9-15-35/h5-32H,4,33-34H2,1-3H3/t49-/m0/s1. The molecule has 2 nitrogen and oxygen atoms in total. The van der Waals surface area contributed by atoms with Crippen molar-refractivity contribution in [2.75, 3.05) is 20.7 Å². The number of hydrogen-bond acceptors (Lipinski definition) is 2. The van der Waals surface area contributed by atoms with Gasteiger partial charge in [0.2, 0.25) is 0 Å². The first-order valence-electron chi connectivity index (χ1n) is 18.0. The Hall–Kier alpha value is -5.86. The molecule has 0 amide bonds. The molecule has 0 aromatic heterocycles. The summed E-state index contributed by atoms with van der Waals surface area (Å²) in [7, 11) is 4.39. The van der Waals surface area contributed by atoms with E-state index < -0.39 is 0 Å². The summed E-state index contributed by atoms with van der Waals surface area (Å²) in [6.07, 6.45) is 4.11. The Labute approximate surface area is 302 Å². The van der Waals surface area contributed by atoms with Gasteiger partial charge in [-0.2, -0.15) is 0 Å². The van der Waals surface area contributed by atoms with E-state index >= 15 is 0 Å². The number of benzene rings is 6. The van der Waals surface area contributed by atoms with E-state index in [0.717, 1.165) is 18.6 Å². The zero-order valence-electron chi connectivity index (χ0n) is 29.6. The molecule has 8 rings (SSSR count). The van der Waals surface area contributed by atoms with Gasteiger partial charge in [0.1, 0.15) is 5.76 Å². The number of allylic oxidation sites excluding steroid dienone is 5. The minimum atomic E-state index is -0.305. The van der Waals surface area contributed by atoms with Crippen LogP contribution >= 0.6 is 0 Å². The molecule has 0 bridgehead atoms. The van der Waals surface area contributed by atoms with E-state index in [1.165, 1.54) is 72.5 Å². The number of ether oxygens (including phenoxy) is 1. The smallest absolute Gasteiger partial charge is 0.124 e. The Bertz CT molecular complexity index is 2230. The number of hydrogen-bond donors (Lipinski definition) is 0. The summed E-state index contributed by atoms with van der Waals surface area (Å²) in [5.41, 5.74) is 16.1. The summed E-state index contributed by atoms with van der Waals surface area (Å²) >= 11 is 0. The van der Waals surface area contributed by atoms with E-state index in [9.17, 15) is 0 Å². The first kappa shape index (κ1) is 32.4. The second-order valence-corrected chi connectivity index (χ2v) is 13.8. The molecule has 1 atom stereocenters. The molecular weight excluding hydrogens is 619 g/mol. The maximum Gasteiger partial charge on any atom is 0.124 e. The Morgan fingerprint density at radius 2 is 0.863 bits per heavy atom. The van der Waals surface area contributed by atoms with Crippen LogP contribution in [-0.2, 0) is 4.74 Å². The molecule has 0 N–H and O–H groups in total. The van der Waals surface area contributed by atoms with Gasteiger partial charge < -0.3 is 9.64 Å². The minimum Gasteiger partial charge on any atom is -0.494 e. The largest absolute Gasteiger partial charge is 0.494 e. The van der Waals surface area contributed by atoms with Crippen LogP contribution in [0.3, 0.4) is 0 Å². The van der Waals surface area contributed by atoms with Crippen LogP contribution in [-0.4, -0.2) is 25.6 Å². The third kappa shape index (κ3) is 6.12. The van der Waals surface area contributed by atoms with Crippen LogP contribution in [0.25, 0.3) is 50.1 Å². The lowest BCUT2D eigenvalue weighted by molar-refractivity contribution is 0.243. The molecule has 2 aliphatic carbocycles. The summed E-state index contributed by atoms with van der Waals surface area (Å²) in [5.74, 6) is 0.978. The Kier molecular flexibility index (Phi) is 8.76. The molecule has 6 aromatic rings. The number of rotatable bonds is 9. The van der Waals surface area contributed by atoms with Crippen LogP contribution in [0.4, 0.5) is 0 Å². The Balaban J connectivity index is 1.24. The maximum atomic E-state index is 6.59. The Morgan fingerprint density at radius 3 is 1.29 bits per heavy atom. The highest BCUT2D eigenvalue weighted by Crippen LogP contribution is 2.64. The molecule has 0 saturated carbocycles. The van der Waals surface area contributed by atoms with E-state index in [2.05, 4.69) is 196 Å². The highest BCUT2D eigenvalue weighted by Gasteiger charge is 2.50. The van der Waals surface area contributed by atoms with Crippen LogP contribution in [0.2, 0.25) is 0 Å². The van der Waals surface area contributed by atoms with Gasteiger partial charge in [0.05, 0.1) is 6.61 Å². The van der Waals surface area contributed by atoms with E-state index in [0.29, 0.717) is 6.61 Å². The highest BCUT2D eigenvalue weighted by atomic mass is 16.5. The van der Waals surface area contributed by atoms with Gasteiger partial charge in [-0.3, -0.25) is 0 Å². The topological polar surface area (TPSA) is 12.5 Å². The normalized spacial score (nSPS) is 16.9. The molecule has 51 heavy (non-hydrogen) atoms. The van der Waals surface area contributed by atoms with E-state index in [4.69, 9.17) is 4.74 Å². The molecule has 250 valence electrons. The highest BCUT2D eigenvalue weighted by molar-refractivity contribution is 5.99. The van der Waals surface area contributed by atoms with Crippen molar-refractivity contribution in [3.05, 3.63) is 198 Å². The molecule has 0 unspecified atom stereocenters. The van der Waals surface area contributed by atoms with Crippen LogP contribution in [0.5, 0.6) is 0 Å². The first-order valence-corrected chi connectivity index (χ1v) is 18.0. The molecule has 0 heterocycles. The fourth-order valence-corrected chi connectivity index (χ4v) is 8.11. The average molecular weight is 662 g/mol. The van der Waals surface area contributed by atoms with Gasteiger partial charge in [-0.05, 0) is 80.6 Å². The molecule has 6 aromatic carbocycles. The lowest BCUT2D eigenvalue weighted by Gasteiger charge is -2.33. The summed E-state index contributed by atoms with van der Waals surface area (Å²) in [4.78, 5) is 2.33. The van der Waals surface area contributed by atoms with Crippen LogP contribution < -0.4 is 0 Å². The van der Waals surface area contributed by atoms with Gasteiger partial charge in [-0.25, -0.2) is 0 Å². The lowest BCUT2D eigenvalue weighted by Crippen LogP contribution is -2.22. The van der Waals surface area contributed by atoms with Crippen molar-refractivity contribution in [1.29, 1.82) is 0 Å². The van der Waals surface area contributed by atoms with Crippen molar-refractivity contribution in [2.45, 2.75) is 19.8 Å². The van der Waals surface area contributed by atoms with Crippen LogP contribution in [0.15, 0.2) is 181 Å². The molecule has 0 aliphatic heterocycles. The van der Waals surface area contributed by atoms with Gasteiger partial charge in [0.25, 0.3) is 0 Å². The lowest BCUT2D eigenvalue weighted by atomic mass is 9.69. The molecule has 2 heteroatoms. The van der Waals surface area contributed by atoms with Crippen molar-refractivity contribution < 1.29 is 4.74 Å². The van der Waals surface area contributed by atoms with Gasteiger partial charge in [-0.15, -0.1) is 0 Å². The zero-order chi connectivity index (χ0) is 34.8. The van der Waals surface area contributed by atoms with Gasteiger partial charge in [0, 0.05) is 37.2 Å². The van der Waals surface area contributed by atoms with Crippen molar-refractivity contribution in [2.24, 2.45) is 5.41 Å². The average Bonchev–Trinajstić information content (AvgIpc) is 3.74. The summed E-state index contributed by atoms with van der Waals surface area (Å²) in [5, 5.41) is 0. The van der Waals surface area contributed by atoms with Crippen molar-refractivity contribution >= 4 is 16.7 Å². The summed E-state index contributed by atoms with van der Waals surface area (Å²) < 4.78 is 6.59. The maximum absolute atomic E-state index is 6.59. The van der Waals surface area contributed by atoms with Gasteiger partial charge in [-0.1, -0.05) is 164 Å². The quantitative estimate of drug-likeness (QED) is 0.153. The third-order valence-corrected chi connectivity index (χ3v) is 10.6. The summed E-state index contributed by atoms with van der Waals surface area (Å²) in [6, 6.07) is 59.4. The Morgan fingerprint density at radius 1 is 0.471 bits per heavy atom. The molecule has 2 aliphatic rings. The predicted molar refractivity (Wildman–Crippen MR) is 214 cm³/mol. The van der Waals surface area contributed by atoms with Crippen LogP contribution in [0.1, 0.15) is 36.5 Å². The first-order chi connectivity index (χ1) is 25.0. The monoisotopic (exact) mass is 661 g/mol. The summed E-state index contributed by atoms with van der Waals surface area (Å²) in [6.45, 7) is 2.70. The van der Waals surface area contributed by atoms with Crippen molar-refractivity contribution in [1.82, 2.24) is 4.90 Å². The minimum absolute atomic E-state index is 0.305. The van der Waals surface area contributed by atoms with Crippen molar-refractivity contribution in [3.63, 3.8) is 0 Å². The van der Waals surface area contributed by atoms with Crippen molar-refractivity contribution in [3.8, 4) is 33.4 Å². The third-order valence-electron chi connectivity index (χ3n) is 10.6. The second-order valence-electron chi connectivity index (χ2n) is 13.8. The van der Waals surface area contributed by atoms with Gasteiger partial charge in [0.15, 0.2) is 0 Å². The van der Waals surface area contributed by atoms with E-state index in [1.54, 1.807) is 0 Å². The van der Waals surface area contributed by atoms with E-state index in [-0.39, 0.29) is 5.41 Å². The zero-order valence-corrected chi connectivity index (χ0v) is 29.6. The molecule has 1 spiro atoms. The molecule has 0 saturated heterocycles. The SMILES string of the molecule is CCOC1=C(c2ccc(-c3ccccc3)cc2)[C@]2(CC(c3ccc(-c4ccccc4)cc3)=C(N(C)C)C2)C(c2ccc(-c3ccccc3)cc2)=C1. The van der Waals surface area contributed by atoms with E-state index in [1.807, 2.05) is 0 Å². The fraction of sp³-hybridized carbons (Fsp3) is 0.143. The predicted octanol–water partition coefficient (Wildman–Crippen LogP) is 12.3. The molecule has 0 fully saturated rings. The molecule has 0 radical (unpaired) electrons. The van der Waals surface area contributed by atoms with Crippen LogP contribution in [0, 0.1) is 5.41 Å². The molecular formula is C49H43NO. The second kappa shape index (κ2) is 13.8. The fourth-order valence-electron chi connectivity index (χ4n) is 8.11. The van der Waals surface area contributed by atoms with Gasteiger partial charge >= 0.3 is 0 Å². The number of nitrogens with zero attached hydrogens (tertiary/aromatic N) is 1.